The molecule has 1 unspecified atom stereocenters. The van der Waals surface area contributed by atoms with E-state index in [0.29, 0.717) is 4.95 Å². The summed E-state index contributed by atoms with van der Waals surface area (Å²) < 4.78 is 0. The third kappa shape index (κ3) is 1.15. The predicted molar refractivity (Wildman–Crippen MR) is 32.5 cm³/mol. The van der Waals surface area contributed by atoms with Crippen LogP contribution in [-0.4, -0.2) is 17.0 Å². The van der Waals surface area contributed by atoms with Gasteiger partial charge in [-0.15, -0.1) is 0 Å². The number of hydrazine groups is 1. The van der Waals surface area contributed by atoms with Gasteiger partial charge in [0.2, 0.25) is 0 Å². The van der Waals surface area contributed by atoms with Crippen molar-refractivity contribution in [2.45, 2.75) is 11.4 Å². The van der Waals surface area contributed by atoms with E-state index in [0.717, 1.165) is 6.42 Å². The average molecular weight is 164 g/mol. The minimum absolute atomic E-state index is 0.493. The number of hydrogen-bond acceptors (Lipinski definition) is 2. The Kier molecular flexibility index (Phi) is 1.67. The van der Waals surface area contributed by atoms with Gasteiger partial charge < -0.3 is 0 Å². The van der Waals surface area contributed by atoms with Crippen LogP contribution in [0.3, 0.4) is 0 Å². The van der Waals surface area contributed by atoms with Gasteiger partial charge in [-0.25, -0.2) is 10.4 Å². The topological polar surface area (TPSA) is 15.3 Å². The molecule has 0 saturated carbocycles. The summed E-state index contributed by atoms with van der Waals surface area (Å²) >= 11 is 3.44. The van der Waals surface area contributed by atoms with Crippen LogP contribution in [0.25, 0.3) is 0 Å². The fourth-order valence-corrected chi connectivity index (χ4v) is 0.838. The average Bonchev–Trinajstić information content (AvgIpc) is 1.91. The Labute approximate surface area is 52.0 Å². The summed E-state index contributed by atoms with van der Waals surface area (Å²) in [4.78, 5) is 0.493. The number of alkyl halides is 1. The van der Waals surface area contributed by atoms with Crippen LogP contribution in [0.1, 0.15) is 6.42 Å². The second kappa shape index (κ2) is 2.11. The Morgan fingerprint density at radius 1 is 2.00 bits per heavy atom. The third-order valence-corrected chi connectivity index (χ3v) is 2.02. The normalized spacial score (nSPS) is 34.3. The van der Waals surface area contributed by atoms with Gasteiger partial charge in [0.1, 0.15) is 0 Å². The van der Waals surface area contributed by atoms with E-state index < -0.39 is 0 Å². The second-order valence-corrected chi connectivity index (χ2v) is 2.67. The van der Waals surface area contributed by atoms with Crippen molar-refractivity contribution in [1.29, 1.82) is 0 Å². The summed E-state index contributed by atoms with van der Waals surface area (Å²) in [6.45, 7) is 2.03. The lowest BCUT2D eigenvalue weighted by Crippen LogP contribution is -2.28. The molecule has 3 heteroatoms. The summed E-state index contributed by atoms with van der Waals surface area (Å²) in [5, 5.41) is 2.01. The number of rotatable bonds is 0. The van der Waals surface area contributed by atoms with Crippen molar-refractivity contribution in [3.63, 3.8) is 0 Å². The Balaban J connectivity index is 2.33. The van der Waals surface area contributed by atoms with Crippen LogP contribution in [-0.2, 0) is 0 Å². The first-order valence-corrected chi connectivity index (χ1v) is 3.17. The molecule has 1 aliphatic heterocycles. The van der Waals surface area contributed by atoms with E-state index in [-0.39, 0.29) is 0 Å². The molecule has 1 saturated heterocycles. The third-order valence-electron chi connectivity index (χ3n) is 1.03. The minimum atomic E-state index is 0.493. The summed E-state index contributed by atoms with van der Waals surface area (Å²) in [6.07, 6.45) is 1.08. The Hall–Kier alpha value is 0.400. The zero-order valence-corrected chi connectivity index (χ0v) is 5.77. The number of halogens is 1. The maximum absolute atomic E-state index is 3.44. The van der Waals surface area contributed by atoms with Crippen LogP contribution in [0.4, 0.5) is 0 Å². The Morgan fingerprint density at radius 3 is 2.86 bits per heavy atom. The fourth-order valence-electron chi connectivity index (χ4n) is 0.533. The molecule has 1 heterocycles. The number of hydrogen-bond donors (Lipinski definition) is 1. The Bertz CT molecular complexity index is 58.7. The molecule has 0 bridgehead atoms. The molecular weight excluding hydrogens is 156 g/mol. The summed E-state index contributed by atoms with van der Waals surface area (Å²) in [6, 6.07) is 0. The molecular formula is C4H8BrN2. The molecule has 1 N–H and O–H groups in total. The highest BCUT2D eigenvalue weighted by Crippen LogP contribution is 2.13. The molecule has 0 aromatic carbocycles. The smallest absolute Gasteiger partial charge is 0.0806 e. The van der Waals surface area contributed by atoms with Crippen LogP contribution in [0.15, 0.2) is 0 Å². The highest BCUT2D eigenvalue weighted by atomic mass is 79.9. The molecule has 1 aliphatic rings. The number of nitrogens with one attached hydrogen (secondary N) is 1. The van der Waals surface area contributed by atoms with E-state index in [1.807, 2.05) is 18.6 Å². The van der Waals surface area contributed by atoms with Gasteiger partial charge >= 0.3 is 0 Å². The fraction of sp³-hybridized carbons (Fsp3) is 0.750. The molecule has 1 atom stereocenters. The zero-order chi connectivity index (χ0) is 5.28. The van der Waals surface area contributed by atoms with Gasteiger partial charge in [0.05, 0.1) is 4.95 Å². The van der Waals surface area contributed by atoms with E-state index in [4.69, 9.17) is 0 Å². The molecule has 1 radical (unpaired) electrons. The maximum Gasteiger partial charge on any atom is 0.0806 e. The van der Waals surface area contributed by atoms with Crippen LogP contribution in [0, 0.1) is 6.54 Å². The van der Waals surface area contributed by atoms with Crippen molar-refractivity contribution in [1.82, 2.24) is 10.4 Å². The van der Waals surface area contributed by atoms with E-state index >= 15 is 0 Å². The van der Waals surface area contributed by atoms with Gasteiger partial charge in [0.25, 0.3) is 0 Å². The minimum Gasteiger partial charge on any atom is -0.250 e. The molecule has 1 rings (SSSR count). The zero-order valence-electron chi connectivity index (χ0n) is 4.19. The van der Waals surface area contributed by atoms with Crippen LogP contribution < -0.4 is 5.43 Å². The second-order valence-electron chi connectivity index (χ2n) is 1.61. The molecule has 2 nitrogen and oxygen atoms in total. The van der Waals surface area contributed by atoms with Crippen LogP contribution in [0.2, 0.25) is 0 Å². The summed E-state index contributed by atoms with van der Waals surface area (Å²) in [7, 11) is 2.00. The first-order chi connectivity index (χ1) is 3.30. The first-order valence-electron chi connectivity index (χ1n) is 2.25. The molecule has 0 aromatic rings. The van der Waals surface area contributed by atoms with Gasteiger partial charge in [-0.05, 0) is 6.42 Å². The van der Waals surface area contributed by atoms with Crippen molar-refractivity contribution in [2.24, 2.45) is 0 Å². The standard InChI is InChI=1S/C4H8BrN2/c1-7-4(5)2-3-6-7/h3-4,6H,2H2,1H3. The summed E-state index contributed by atoms with van der Waals surface area (Å²) in [5.41, 5.74) is 3.03. The van der Waals surface area contributed by atoms with E-state index in [9.17, 15) is 0 Å². The quantitative estimate of drug-likeness (QED) is 0.419. The van der Waals surface area contributed by atoms with Crippen molar-refractivity contribution in [3.8, 4) is 0 Å². The van der Waals surface area contributed by atoms with Gasteiger partial charge in [0.15, 0.2) is 0 Å². The molecule has 0 amide bonds. The SMILES string of the molecule is CN1N[CH]CC1Br. The van der Waals surface area contributed by atoms with Crippen molar-refractivity contribution < 1.29 is 0 Å². The first kappa shape index (κ1) is 5.54. The molecule has 0 spiro atoms. The predicted octanol–water partition coefficient (Wildman–Crippen LogP) is 0.709. The maximum atomic E-state index is 3.44. The van der Waals surface area contributed by atoms with Crippen molar-refractivity contribution in [2.75, 3.05) is 7.05 Å². The largest absolute Gasteiger partial charge is 0.250 e. The number of nitrogens with zero attached hydrogens (tertiary/aromatic N) is 1. The van der Waals surface area contributed by atoms with Crippen molar-refractivity contribution >= 4 is 15.9 Å². The van der Waals surface area contributed by atoms with Gasteiger partial charge in [0, 0.05) is 13.6 Å². The highest BCUT2D eigenvalue weighted by molar-refractivity contribution is 9.09. The Morgan fingerprint density at radius 2 is 2.71 bits per heavy atom. The molecule has 0 aromatic heterocycles. The monoisotopic (exact) mass is 163 g/mol. The molecule has 0 aliphatic carbocycles. The van der Waals surface area contributed by atoms with Gasteiger partial charge in [-0.3, -0.25) is 0 Å². The van der Waals surface area contributed by atoms with Crippen LogP contribution >= 0.6 is 15.9 Å². The lowest BCUT2D eigenvalue weighted by Gasteiger charge is -2.10. The lowest BCUT2D eigenvalue weighted by molar-refractivity contribution is 0.309. The molecule has 41 valence electrons. The van der Waals surface area contributed by atoms with E-state index in [1.165, 1.54) is 0 Å². The van der Waals surface area contributed by atoms with E-state index in [2.05, 4.69) is 21.4 Å². The molecule has 7 heavy (non-hydrogen) atoms. The van der Waals surface area contributed by atoms with Gasteiger partial charge in [-0.2, -0.15) is 0 Å². The summed E-state index contributed by atoms with van der Waals surface area (Å²) in [5.74, 6) is 0. The van der Waals surface area contributed by atoms with Crippen LogP contribution in [0.5, 0.6) is 0 Å². The molecule has 1 fully saturated rings. The van der Waals surface area contributed by atoms with E-state index in [1.54, 1.807) is 0 Å². The van der Waals surface area contributed by atoms with Crippen molar-refractivity contribution in [3.05, 3.63) is 6.54 Å². The highest BCUT2D eigenvalue weighted by Gasteiger charge is 2.15. The van der Waals surface area contributed by atoms with Gasteiger partial charge in [-0.1, -0.05) is 15.9 Å². The lowest BCUT2D eigenvalue weighted by atomic mass is 10.5.